The highest BCUT2D eigenvalue weighted by Crippen LogP contribution is 2.12. The molecule has 0 bridgehead atoms. The predicted molar refractivity (Wildman–Crippen MR) is 66.1 cm³/mol. The van der Waals surface area contributed by atoms with E-state index in [0.29, 0.717) is 39.4 Å². The van der Waals surface area contributed by atoms with Gasteiger partial charge in [-0.1, -0.05) is 0 Å². The summed E-state index contributed by atoms with van der Waals surface area (Å²) in [5.74, 6) is 0.162. The Morgan fingerprint density at radius 2 is 1.72 bits per heavy atom. The van der Waals surface area contributed by atoms with Crippen LogP contribution in [0.5, 0.6) is 0 Å². The number of amides is 2. The summed E-state index contributed by atoms with van der Waals surface area (Å²) in [6.07, 6.45) is 0. The Labute approximate surface area is 107 Å². The number of morpholine rings is 1. The Morgan fingerprint density at radius 1 is 1.06 bits per heavy atom. The monoisotopic (exact) mass is 255 g/mol. The zero-order chi connectivity index (χ0) is 13.1. The summed E-state index contributed by atoms with van der Waals surface area (Å²) in [6.45, 7) is 6.05. The van der Waals surface area contributed by atoms with Crippen molar-refractivity contribution in [2.75, 3.05) is 53.0 Å². The fourth-order valence-electron chi connectivity index (χ4n) is 2.42. The van der Waals surface area contributed by atoms with Crippen molar-refractivity contribution in [1.82, 2.24) is 14.7 Å². The van der Waals surface area contributed by atoms with E-state index < -0.39 is 0 Å². The first-order valence-electron chi connectivity index (χ1n) is 6.42. The fourth-order valence-corrected chi connectivity index (χ4v) is 2.42. The van der Waals surface area contributed by atoms with E-state index in [2.05, 4.69) is 0 Å². The number of hydrogen-bond acceptors (Lipinski definition) is 4. The van der Waals surface area contributed by atoms with Crippen molar-refractivity contribution in [1.29, 1.82) is 0 Å². The Kier molecular flexibility index (Phi) is 4.19. The second-order valence-electron chi connectivity index (χ2n) is 4.90. The zero-order valence-electron chi connectivity index (χ0n) is 11.1. The van der Waals surface area contributed by atoms with Crippen LogP contribution in [-0.2, 0) is 14.3 Å². The molecule has 2 heterocycles. The van der Waals surface area contributed by atoms with Gasteiger partial charge in [0.15, 0.2) is 0 Å². The maximum absolute atomic E-state index is 12.4. The number of ether oxygens (including phenoxy) is 1. The summed E-state index contributed by atoms with van der Waals surface area (Å²) in [6, 6.07) is -0.208. The number of piperazine rings is 1. The molecular formula is C12H21N3O3. The van der Waals surface area contributed by atoms with Gasteiger partial charge in [0.2, 0.25) is 11.8 Å². The van der Waals surface area contributed by atoms with E-state index in [1.807, 2.05) is 16.8 Å². The van der Waals surface area contributed by atoms with Crippen LogP contribution in [0.3, 0.4) is 0 Å². The second kappa shape index (κ2) is 5.67. The lowest BCUT2D eigenvalue weighted by Crippen LogP contribution is -2.60. The maximum Gasteiger partial charge on any atom is 0.241 e. The first kappa shape index (κ1) is 13.3. The number of carbonyl (C=O) groups is 2. The molecule has 0 unspecified atom stereocenters. The SMILES string of the molecule is CC(=O)N1CCN(C)[C@H](C(=O)N2CCOCC2)C1. The Hall–Kier alpha value is -1.14. The van der Waals surface area contributed by atoms with Gasteiger partial charge in [0.25, 0.3) is 0 Å². The molecule has 2 aliphatic heterocycles. The molecule has 6 nitrogen and oxygen atoms in total. The highest BCUT2D eigenvalue weighted by molar-refractivity contribution is 5.83. The third kappa shape index (κ3) is 2.81. The quantitative estimate of drug-likeness (QED) is 0.603. The van der Waals surface area contributed by atoms with Gasteiger partial charge in [0.05, 0.1) is 13.2 Å². The topological polar surface area (TPSA) is 53.1 Å². The predicted octanol–water partition coefficient (Wildman–Crippen LogP) is -0.992. The molecule has 2 rings (SSSR count). The van der Waals surface area contributed by atoms with Crippen LogP contribution in [0.4, 0.5) is 0 Å². The van der Waals surface area contributed by atoms with Crippen molar-refractivity contribution in [3.63, 3.8) is 0 Å². The van der Waals surface area contributed by atoms with Gasteiger partial charge < -0.3 is 14.5 Å². The van der Waals surface area contributed by atoms with Gasteiger partial charge in [-0.25, -0.2) is 0 Å². The third-order valence-electron chi connectivity index (χ3n) is 3.70. The molecule has 1 atom stereocenters. The van der Waals surface area contributed by atoms with Gasteiger partial charge in [0.1, 0.15) is 6.04 Å². The van der Waals surface area contributed by atoms with Crippen molar-refractivity contribution in [3.8, 4) is 0 Å². The molecule has 2 aliphatic rings. The van der Waals surface area contributed by atoms with Crippen LogP contribution < -0.4 is 0 Å². The van der Waals surface area contributed by atoms with Crippen molar-refractivity contribution in [2.45, 2.75) is 13.0 Å². The van der Waals surface area contributed by atoms with Gasteiger partial charge >= 0.3 is 0 Å². The van der Waals surface area contributed by atoms with Crippen LogP contribution in [0, 0.1) is 0 Å². The lowest BCUT2D eigenvalue weighted by molar-refractivity contribution is -0.145. The summed E-state index contributed by atoms with van der Waals surface area (Å²) >= 11 is 0. The van der Waals surface area contributed by atoms with E-state index in [1.165, 1.54) is 0 Å². The van der Waals surface area contributed by atoms with Crippen LogP contribution in [0.15, 0.2) is 0 Å². The van der Waals surface area contributed by atoms with Crippen molar-refractivity contribution in [2.24, 2.45) is 0 Å². The third-order valence-corrected chi connectivity index (χ3v) is 3.70. The highest BCUT2D eigenvalue weighted by atomic mass is 16.5. The summed E-state index contributed by atoms with van der Waals surface area (Å²) < 4.78 is 5.25. The highest BCUT2D eigenvalue weighted by Gasteiger charge is 2.34. The molecule has 0 N–H and O–H groups in total. The summed E-state index contributed by atoms with van der Waals surface area (Å²) in [5.41, 5.74) is 0. The van der Waals surface area contributed by atoms with Crippen molar-refractivity contribution >= 4 is 11.8 Å². The Bertz CT molecular complexity index is 329. The van der Waals surface area contributed by atoms with E-state index in [-0.39, 0.29) is 17.9 Å². The summed E-state index contributed by atoms with van der Waals surface area (Å²) in [5, 5.41) is 0. The molecule has 2 amide bonds. The van der Waals surface area contributed by atoms with Gasteiger partial charge in [0, 0.05) is 39.6 Å². The molecule has 2 saturated heterocycles. The normalized spacial score (nSPS) is 26.2. The van der Waals surface area contributed by atoms with E-state index in [1.54, 1.807) is 11.8 Å². The van der Waals surface area contributed by atoms with Crippen LogP contribution in [-0.4, -0.2) is 85.5 Å². The molecule has 18 heavy (non-hydrogen) atoms. The van der Waals surface area contributed by atoms with Crippen LogP contribution >= 0.6 is 0 Å². The smallest absolute Gasteiger partial charge is 0.241 e. The standard InChI is InChI=1S/C12H21N3O3/c1-10(16)15-4-3-13(2)11(9-15)12(17)14-5-7-18-8-6-14/h11H,3-9H2,1-2H3/t11-/m0/s1. The average Bonchev–Trinajstić information content (AvgIpc) is 2.39. The largest absolute Gasteiger partial charge is 0.378 e. The van der Waals surface area contributed by atoms with Crippen molar-refractivity contribution in [3.05, 3.63) is 0 Å². The molecule has 0 aromatic heterocycles. The van der Waals surface area contributed by atoms with Crippen molar-refractivity contribution < 1.29 is 14.3 Å². The second-order valence-corrected chi connectivity index (χ2v) is 4.90. The molecule has 6 heteroatoms. The molecule has 102 valence electrons. The molecule has 0 aliphatic carbocycles. The van der Waals surface area contributed by atoms with Gasteiger partial charge in [-0.3, -0.25) is 14.5 Å². The van der Waals surface area contributed by atoms with Crippen LogP contribution in [0.1, 0.15) is 6.92 Å². The zero-order valence-corrected chi connectivity index (χ0v) is 11.1. The lowest BCUT2D eigenvalue weighted by Gasteiger charge is -2.40. The number of rotatable bonds is 1. The summed E-state index contributed by atoms with van der Waals surface area (Å²) in [7, 11) is 1.94. The molecule has 0 spiro atoms. The molecule has 0 radical (unpaired) electrons. The average molecular weight is 255 g/mol. The molecular weight excluding hydrogens is 234 g/mol. The van der Waals surface area contributed by atoms with E-state index >= 15 is 0 Å². The van der Waals surface area contributed by atoms with Gasteiger partial charge in [-0.15, -0.1) is 0 Å². The van der Waals surface area contributed by atoms with Crippen LogP contribution in [0.25, 0.3) is 0 Å². The minimum atomic E-state index is -0.208. The Balaban J connectivity index is 2.00. The first-order valence-corrected chi connectivity index (χ1v) is 6.42. The molecule has 0 aromatic rings. The molecule has 2 fully saturated rings. The van der Waals surface area contributed by atoms with Gasteiger partial charge in [-0.2, -0.15) is 0 Å². The molecule has 0 aromatic carbocycles. The minimum Gasteiger partial charge on any atom is -0.378 e. The van der Waals surface area contributed by atoms with E-state index in [4.69, 9.17) is 4.74 Å². The Morgan fingerprint density at radius 3 is 2.33 bits per heavy atom. The minimum absolute atomic E-state index is 0.0443. The fraction of sp³-hybridized carbons (Fsp3) is 0.833. The maximum atomic E-state index is 12.4. The number of hydrogen-bond donors (Lipinski definition) is 0. The lowest BCUT2D eigenvalue weighted by atomic mass is 10.1. The summed E-state index contributed by atoms with van der Waals surface area (Å²) in [4.78, 5) is 29.5. The number of carbonyl (C=O) groups excluding carboxylic acids is 2. The van der Waals surface area contributed by atoms with E-state index in [9.17, 15) is 9.59 Å². The first-order chi connectivity index (χ1) is 8.59. The van der Waals surface area contributed by atoms with Crippen LogP contribution in [0.2, 0.25) is 0 Å². The number of likely N-dealkylation sites (N-methyl/N-ethyl adjacent to an activating group) is 1. The van der Waals surface area contributed by atoms with Gasteiger partial charge in [-0.05, 0) is 7.05 Å². The van der Waals surface area contributed by atoms with E-state index in [0.717, 1.165) is 6.54 Å². The number of nitrogens with zero attached hydrogens (tertiary/aromatic N) is 3. The molecule has 0 saturated carbocycles.